The first-order chi connectivity index (χ1) is 13.7. The van der Waals surface area contributed by atoms with Crippen LogP contribution in [0, 0.1) is 6.92 Å². The molecular formula is C23H21N5. The van der Waals surface area contributed by atoms with Gasteiger partial charge in [0, 0.05) is 41.7 Å². The highest BCUT2D eigenvalue weighted by molar-refractivity contribution is 5.97. The van der Waals surface area contributed by atoms with Crippen molar-refractivity contribution in [3.05, 3.63) is 84.2 Å². The van der Waals surface area contributed by atoms with Crippen molar-refractivity contribution in [3.8, 4) is 33.9 Å². The van der Waals surface area contributed by atoms with Gasteiger partial charge in [0.2, 0.25) is 0 Å². The number of benzene rings is 2. The Labute approximate surface area is 164 Å². The second-order valence-electron chi connectivity index (χ2n) is 6.60. The van der Waals surface area contributed by atoms with Crippen molar-refractivity contribution in [3.63, 3.8) is 0 Å². The molecule has 5 heteroatoms. The molecule has 5 nitrogen and oxygen atoms in total. The Morgan fingerprint density at radius 3 is 2.36 bits per heavy atom. The number of amidine groups is 1. The van der Waals surface area contributed by atoms with Crippen molar-refractivity contribution in [1.82, 2.24) is 15.0 Å². The summed E-state index contributed by atoms with van der Waals surface area (Å²) in [5.74, 6) is 1.32. The average Bonchev–Trinajstić information content (AvgIpc) is 3.19. The lowest BCUT2D eigenvalue weighted by molar-refractivity contribution is 1.29. The van der Waals surface area contributed by atoms with Crippen LogP contribution in [0.15, 0.2) is 78.0 Å². The SMILES string of the molecule is C/N=C(\N)c1ccc(-c2nc(-c3cccc(C)c3)c(-c3ccncc3)[nH]2)cc1. The molecular weight excluding hydrogens is 346 g/mol. The molecule has 0 saturated carbocycles. The van der Waals surface area contributed by atoms with Gasteiger partial charge < -0.3 is 10.7 Å². The number of aromatic amines is 1. The van der Waals surface area contributed by atoms with Crippen LogP contribution in [0.4, 0.5) is 0 Å². The number of H-pyrrole nitrogens is 1. The maximum Gasteiger partial charge on any atom is 0.138 e. The first-order valence-corrected chi connectivity index (χ1v) is 9.06. The van der Waals surface area contributed by atoms with Gasteiger partial charge >= 0.3 is 0 Å². The third-order valence-electron chi connectivity index (χ3n) is 4.66. The van der Waals surface area contributed by atoms with E-state index in [1.54, 1.807) is 19.4 Å². The van der Waals surface area contributed by atoms with Crippen LogP contribution in [-0.4, -0.2) is 27.8 Å². The zero-order chi connectivity index (χ0) is 19.5. The number of imidazole rings is 1. The molecule has 4 rings (SSSR count). The lowest BCUT2D eigenvalue weighted by Gasteiger charge is -2.03. The van der Waals surface area contributed by atoms with Crippen molar-refractivity contribution in [2.24, 2.45) is 10.7 Å². The van der Waals surface area contributed by atoms with Crippen LogP contribution in [0.3, 0.4) is 0 Å². The standard InChI is InChI=1S/C23H21N5/c1-15-4-3-5-19(14-15)21-20(16-10-12-26-13-11-16)27-23(28-21)18-8-6-17(7-9-18)22(24)25-2/h3-14H,1-2H3,(H2,24,25)(H,27,28). The van der Waals surface area contributed by atoms with Crippen LogP contribution in [0.5, 0.6) is 0 Å². The van der Waals surface area contributed by atoms with E-state index in [4.69, 9.17) is 10.7 Å². The molecule has 0 atom stereocenters. The van der Waals surface area contributed by atoms with Crippen molar-refractivity contribution >= 4 is 5.84 Å². The minimum absolute atomic E-state index is 0.518. The Hall–Kier alpha value is -3.73. The quantitative estimate of drug-likeness (QED) is 0.413. The molecule has 4 aromatic rings. The van der Waals surface area contributed by atoms with E-state index < -0.39 is 0 Å². The fourth-order valence-corrected chi connectivity index (χ4v) is 3.17. The molecule has 0 aliphatic carbocycles. The number of pyridine rings is 1. The fraction of sp³-hybridized carbons (Fsp3) is 0.0870. The molecule has 0 amide bonds. The van der Waals surface area contributed by atoms with Crippen LogP contribution in [0.1, 0.15) is 11.1 Å². The Balaban J connectivity index is 1.84. The van der Waals surface area contributed by atoms with Gasteiger partial charge in [-0.2, -0.15) is 0 Å². The van der Waals surface area contributed by atoms with Crippen LogP contribution in [-0.2, 0) is 0 Å². The summed E-state index contributed by atoms with van der Waals surface area (Å²) in [6.07, 6.45) is 3.58. The summed E-state index contributed by atoms with van der Waals surface area (Å²) < 4.78 is 0. The van der Waals surface area contributed by atoms with Crippen LogP contribution < -0.4 is 5.73 Å². The minimum Gasteiger partial charge on any atom is -0.384 e. The lowest BCUT2D eigenvalue weighted by atomic mass is 10.0. The Morgan fingerprint density at radius 1 is 0.929 bits per heavy atom. The molecule has 0 spiro atoms. The number of nitrogens with one attached hydrogen (secondary N) is 1. The number of aromatic nitrogens is 3. The number of nitrogens with zero attached hydrogens (tertiary/aromatic N) is 3. The van der Waals surface area contributed by atoms with E-state index >= 15 is 0 Å². The van der Waals surface area contributed by atoms with E-state index in [9.17, 15) is 0 Å². The Bertz CT molecular complexity index is 1130. The zero-order valence-corrected chi connectivity index (χ0v) is 15.8. The van der Waals surface area contributed by atoms with Crippen LogP contribution in [0.25, 0.3) is 33.9 Å². The van der Waals surface area contributed by atoms with E-state index in [0.29, 0.717) is 5.84 Å². The topological polar surface area (TPSA) is 79.9 Å². The molecule has 0 radical (unpaired) electrons. The minimum atomic E-state index is 0.518. The average molecular weight is 367 g/mol. The van der Waals surface area contributed by atoms with Crippen LogP contribution >= 0.6 is 0 Å². The summed E-state index contributed by atoms with van der Waals surface area (Å²) >= 11 is 0. The summed E-state index contributed by atoms with van der Waals surface area (Å²) in [6, 6.07) is 20.3. The maximum absolute atomic E-state index is 5.90. The second kappa shape index (κ2) is 7.48. The first-order valence-electron chi connectivity index (χ1n) is 9.06. The molecule has 0 saturated heterocycles. The largest absolute Gasteiger partial charge is 0.384 e. The van der Waals surface area contributed by atoms with Gasteiger partial charge in [-0.15, -0.1) is 0 Å². The van der Waals surface area contributed by atoms with E-state index in [-0.39, 0.29) is 0 Å². The number of hydrogen-bond donors (Lipinski definition) is 2. The zero-order valence-electron chi connectivity index (χ0n) is 15.8. The van der Waals surface area contributed by atoms with Gasteiger partial charge in [0.25, 0.3) is 0 Å². The highest BCUT2D eigenvalue weighted by Gasteiger charge is 2.15. The van der Waals surface area contributed by atoms with Gasteiger partial charge in [-0.3, -0.25) is 9.98 Å². The van der Waals surface area contributed by atoms with Crippen LogP contribution in [0.2, 0.25) is 0 Å². The number of aliphatic imine (C=N–C) groups is 1. The van der Waals surface area contributed by atoms with Crippen molar-refractivity contribution in [2.75, 3.05) is 7.05 Å². The van der Waals surface area contributed by atoms with E-state index in [1.807, 2.05) is 36.4 Å². The van der Waals surface area contributed by atoms with Gasteiger partial charge in [0.05, 0.1) is 11.4 Å². The summed E-state index contributed by atoms with van der Waals surface area (Å²) in [7, 11) is 1.69. The summed E-state index contributed by atoms with van der Waals surface area (Å²) in [5.41, 5.74) is 13.0. The molecule has 0 unspecified atom stereocenters. The lowest BCUT2D eigenvalue weighted by Crippen LogP contribution is -2.12. The first kappa shape index (κ1) is 17.7. The normalized spacial score (nSPS) is 11.6. The number of hydrogen-bond acceptors (Lipinski definition) is 3. The highest BCUT2D eigenvalue weighted by Crippen LogP contribution is 2.33. The number of aryl methyl sites for hydroxylation is 1. The van der Waals surface area contributed by atoms with Gasteiger partial charge in [0.15, 0.2) is 0 Å². The molecule has 138 valence electrons. The molecule has 2 aromatic heterocycles. The highest BCUT2D eigenvalue weighted by atomic mass is 14.9. The molecule has 2 heterocycles. The van der Waals surface area contributed by atoms with Crippen molar-refractivity contribution in [1.29, 1.82) is 0 Å². The fourth-order valence-electron chi connectivity index (χ4n) is 3.17. The summed E-state index contributed by atoms with van der Waals surface area (Å²) in [6.45, 7) is 2.08. The van der Waals surface area contributed by atoms with E-state index in [2.05, 4.69) is 46.1 Å². The number of nitrogens with two attached hydrogens (primary N) is 1. The Kier molecular flexibility index (Phi) is 4.72. The molecule has 0 aliphatic rings. The third-order valence-corrected chi connectivity index (χ3v) is 4.66. The predicted octanol–water partition coefficient (Wildman–Crippen LogP) is 4.45. The van der Waals surface area contributed by atoms with Gasteiger partial charge in [-0.25, -0.2) is 4.98 Å². The van der Waals surface area contributed by atoms with Gasteiger partial charge in [-0.1, -0.05) is 48.0 Å². The molecule has 28 heavy (non-hydrogen) atoms. The molecule has 0 fully saturated rings. The van der Waals surface area contributed by atoms with Gasteiger partial charge in [0.1, 0.15) is 11.7 Å². The van der Waals surface area contributed by atoms with Crippen molar-refractivity contribution in [2.45, 2.75) is 6.92 Å². The third kappa shape index (κ3) is 3.42. The van der Waals surface area contributed by atoms with Crippen molar-refractivity contribution < 1.29 is 0 Å². The van der Waals surface area contributed by atoms with E-state index in [0.717, 1.165) is 39.5 Å². The summed E-state index contributed by atoms with van der Waals surface area (Å²) in [5, 5.41) is 0. The number of rotatable bonds is 4. The smallest absolute Gasteiger partial charge is 0.138 e. The maximum atomic E-state index is 5.90. The molecule has 3 N–H and O–H groups in total. The van der Waals surface area contributed by atoms with Gasteiger partial charge in [-0.05, 0) is 25.1 Å². The molecule has 0 bridgehead atoms. The Morgan fingerprint density at radius 2 is 1.68 bits per heavy atom. The van der Waals surface area contributed by atoms with E-state index in [1.165, 1.54) is 5.56 Å². The molecule has 2 aromatic carbocycles. The monoisotopic (exact) mass is 367 g/mol. The molecule has 0 aliphatic heterocycles. The second-order valence-corrected chi connectivity index (χ2v) is 6.60. The predicted molar refractivity (Wildman–Crippen MR) is 114 cm³/mol. The summed E-state index contributed by atoms with van der Waals surface area (Å²) in [4.78, 5) is 16.6.